The van der Waals surface area contributed by atoms with E-state index in [1.807, 2.05) is 6.92 Å². The first-order chi connectivity index (χ1) is 8.56. The van der Waals surface area contributed by atoms with Crippen molar-refractivity contribution in [3.63, 3.8) is 0 Å². The zero-order valence-electron chi connectivity index (χ0n) is 10.3. The molecule has 0 saturated carbocycles. The molecule has 2 N–H and O–H groups in total. The molecule has 0 fully saturated rings. The summed E-state index contributed by atoms with van der Waals surface area (Å²) in [5.41, 5.74) is 1.66. The zero-order valence-corrected chi connectivity index (χ0v) is 10.3. The highest BCUT2D eigenvalue weighted by Gasteiger charge is 2.19. The number of halogens is 3. The first kappa shape index (κ1) is 13.0. The van der Waals surface area contributed by atoms with Crippen LogP contribution in [0.5, 0.6) is 0 Å². The number of rotatable bonds is 4. The van der Waals surface area contributed by atoms with Gasteiger partial charge in [-0.25, -0.2) is 13.2 Å². The maximum absolute atomic E-state index is 13.8. The van der Waals surface area contributed by atoms with Crippen LogP contribution in [0, 0.1) is 24.4 Å². The molecule has 2 aromatic rings. The van der Waals surface area contributed by atoms with Crippen molar-refractivity contribution in [3.8, 4) is 0 Å². The number of H-pyrrole nitrogens is 1. The molecule has 0 bridgehead atoms. The fourth-order valence-corrected chi connectivity index (χ4v) is 2.06. The molecule has 2 nitrogen and oxygen atoms in total. The van der Waals surface area contributed by atoms with Gasteiger partial charge in [0.2, 0.25) is 0 Å². The molecule has 1 heterocycles. The van der Waals surface area contributed by atoms with Crippen LogP contribution < -0.4 is 5.32 Å². The van der Waals surface area contributed by atoms with E-state index in [2.05, 4.69) is 10.3 Å². The molecule has 1 aromatic carbocycles. The summed E-state index contributed by atoms with van der Waals surface area (Å²) in [7, 11) is 0. The van der Waals surface area contributed by atoms with Gasteiger partial charge in [0.25, 0.3) is 0 Å². The molecule has 0 aliphatic rings. The summed E-state index contributed by atoms with van der Waals surface area (Å²) >= 11 is 0. The van der Waals surface area contributed by atoms with Gasteiger partial charge in [-0.3, -0.25) is 0 Å². The molecule has 5 heteroatoms. The Bertz CT molecular complexity index is 575. The standard InChI is InChI=1S/C13H15F3N2/c1-3-4-17-6-8-7(2)18-10-5-9(14)12(15)13(16)11(8)10/h5,17-18H,3-4,6H2,1-2H3. The summed E-state index contributed by atoms with van der Waals surface area (Å²) in [6, 6.07) is 0.990. The van der Waals surface area contributed by atoms with Crippen LogP contribution in [-0.2, 0) is 6.54 Å². The van der Waals surface area contributed by atoms with E-state index < -0.39 is 17.5 Å². The maximum Gasteiger partial charge on any atom is 0.195 e. The number of aromatic nitrogens is 1. The third-order valence-corrected chi connectivity index (χ3v) is 2.97. The Morgan fingerprint density at radius 2 is 1.94 bits per heavy atom. The second-order valence-electron chi connectivity index (χ2n) is 4.31. The third-order valence-electron chi connectivity index (χ3n) is 2.97. The predicted octanol–water partition coefficient (Wildman–Crippen LogP) is 3.39. The molecule has 0 aliphatic heterocycles. The van der Waals surface area contributed by atoms with Gasteiger partial charge in [-0.2, -0.15) is 0 Å². The van der Waals surface area contributed by atoms with E-state index in [1.54, 1.807) is 6.92 Å². The summed E-state index contributed by atoms with van der Waals surface area (Å²) in [6.07, 6.45) is 0.951. The minimum atomic E-state index is -1.42. The highest BCUT2D eigenvalue weighted by Crippen LogP contribution is 2.28. The Labute approximate surface area is 103 Å². The molecule has 98 valence electrons. The van der Waals surface area contributed by atoms with Gasteiger partial charge in [0, 0.05) is 23.7 Å². The van der Waals surface area contributed by atoms with E-state index in [9.17, 15) is 13.2 Å². The molecule has 18 heavy (non-hydrogen) atoms. The monoisotopic (exact) mass is 256 g/mol. The van der Waals surface area contributed by atoms with Crippen molar-refractivity contribution in [2.45, 2.75) is 26.8 Å². The number of fused-ring (bicyclic) bond motifs is 1. The molecular weight excluding hydrogens is 241 g/mol. The van der Waals surface area contributed by atoms with Crippen molar-refractivity contribution in [1.82, 2.24) is 10.3 Å². The van der Waals surface area contributed by atoms with Crippen molar-refractivity contribution < 1.29 is 13.2 Å². The van der Waals surface area contributed by atoms with Crippen molar-refractivity contribution in [3.05, 3.63) is 34.8 Å². The van der Waals surface area contributed by atoms with Crippen LogP contribution in [0.25, 0.3) is 10.9 Å². The molecule has 0 amide bonds. The number of hydrogen-bond acceptors (Lipinski definition) is 1. The minimum Gasteiger partial charge on any atom is -0.358 e. The largest absolute Gasteiger partial charge is 0.358 e. The molecule has 0 radical (unpaired) electrons. The summed E-state index contributed by atoms with van der Waals surface area (Å²) in [5, 5.41) is 3.26. The van der Waals surface area contributed by atoms with Crippen LogP contribution in [0.4, 0.5) is 13.2 Å². The normalized spacial score (nSPS) is 11.4. The SMILES string of the molecule is CCCNCc1c(C)[nH]c2cc(F)c(F)c(F)c12. The molecule has 2 rings (SSSR count). The molecule has 0 saturated heterocycles. The van der Waals surface area contributed by atoms with Gasteiger partial charge >= 0.3 is 0 Å². The highest BCUT2D eigenvalue weighted by molar-refractivity contribution is 5.85. The summed E-state index contributed by atoms with van der Waals surface area (Å²) in [5.74, 6) is -3.71. The first-order valence-electron chi connectivity index (χ1n) is 5.91. The molecule has 0 unspecified atom stereocenters. The second-order valence-corrected chi connectivity index (χ2v) is 4.31. The van der Waals surface area contributed by atoms with Gasteiger partial charge in [0.05, 0.1) is 5.52 Å². The fourth-order valence-electron chi connectivity index (χ4n) is 2.06. The molecule has 0 atom stereocenters. The van der Waals surface area contributed by atoms with E-state index in [1.165, 1.54) is 0 Å². The average molecular weight is 256 g/mol. The first-order valence-corrected chi connectivity index (χ1v) is 5.91. The lowest BCUT2D eigenvalue weighted by Gasteiger charge is -2.04. The van der Waals surface area contributed by atoms with Crippen molar-refractivity contribution in [1.29, 1.82) is 0 Å². The smallest absolute Gasteiger partial charge is 0.195 e. The zero-order chi connectivity index (χ0) is 13.3. The Balaban J connectivity index is 2.52. The van der Waals surface area contributed by atoms with Crippen LogP contribution in [0.3, 0.4) is 0 Å². The van der Waals surface area contributed by atoms with Gasteiger partial charge in [-0.05, 0) is 25.5 Å². The van der Waals surface area contributed by atoms with E-state index >= 15 is 0 Å². The predicted molar refractivity (Wildman–Crippen MR) is 64.9 cm³/mol. The fraction of sp³-hybridized carbons (Fsp3) is 0.385. The van der Waals surface area contributed by atoms with E-state index in [-0.39, 0.29) is 10.9 Å². The second kappa shape index (κ2) is 5.02. The lowest BCUT2D eigenvalue weighted by molar-refractivity contribution is 0.453. The molecule has 0 spiro atoms. The Morgan fingerprint density at radius 1 is 1.22 bits per heavy atom. The average Bonchev–Trinajstić information content (AvgIpc) is 2.63. The quantitative estimate of drug-likeness (QED) is 0.637. The number of aryl methyl sites for hydroxylation is 1. The van der Waals surface area contributed by atoms with Gasteiger partial charge in [-0.1, -0.05) is 6.92 Å². The lowest BCUT2D eigenvalue weighted by atomic mass is 10.1. The summed E-state index contributed by atoms with van der Waals surface area (Å²) in [6.45, 7) is 5.00. The van der Waals surface area contributed by atoms with Crippen molar-refractivity contribution in [2.75, 3.05) is 6.54 Å². The maximum atomic E-state index is 13.8. The van der Waals surface area contributed by atoms with Crippen LogP contribution >= 0.6 is 0 Å². The van der Waals surface area contributed by atoms with Crippen molar-refractivity contribution in [2.24, 2.45) is 0 Å². The molecular formula is C13H15F3N2. The van der Waals surface area contributed by atoms with Crippen molar-refractivity contribution >= 4 is 10.9 Å². The van der Waals surface area contributed by atoms with Crippen LogP contribution in [-0.4, -0.2) is 11.5 Å². The van der Waals surface area contributed by atoms with Crippen LogP contribution in [0.1, 0.15) is 24.6 Å². The topological polar surface area (TPSA) is 27.8 Å². The minimum absolute atomic E-state index is 0.134. The number of benzene rings is 1. The molecule has 1 aromatic heterocycles. The summed E-state index contributed by atoms with van der Waals surface area (Å²) in [4.78, 5) is 2.88. The van der Waals surface area contributed by atoms with E-state index in [0.717, 1.165) is 24.7 Å². The van der Waals surface area contributed by atoms with Crippen LogP contribution in [0.15, 0.2) is 6.07 Å². The Hall–Kier alpha value is -1.49. The number of nitrogens with one attached hydrogen (secondary N) is 2. The van der Waals surface area contributed by atoms with E-state index in [4.69, 9.17) is 0 Å². The van der Waals surface area contributed by atoms with Gasteiger partial charge in [0.1, 0.15) is 0 Å². The number of hydrogen-bond donors (Lipinski definition) is 2. The molecule has 0 aliphatic carbocycles. The van der Waals surface area contributed by atoms with Gasteiger partial charge in [-0.15, -0.1) is 0 Å². The Kier molecular flexibility index (Phi) is 3.61. The van der Waals surface area contributed by atoms with Gasteiger partial charge in [0.15, 0.2) is 17.5 Å². The third kappa shape index (κ3) is 2.10. The Morgan fingerprint density at radius 3 is 2.61 bits per heavy atom. The summed E-state index contributed by atoms with van der Waals surface area (Å²) < 4.78 is 40.1. The highest BCUT2D eigenvalue weighted by atomic mass is 19.2. The van der Waals surface area contributed by atoms with Crippen LogP contribution in [0.2, 0.25) is 0 Å². The van der Waals surface area contributed by atoms with E-state index in [0.29, 0.717) is 12.1 Å². The number of aromatic amines is 1. The lowest BCUT2D eigenvalue weighted by Crippen LogP contribution is -2.14. The van der Waals surface area contributed by atoms with Gasteiger partial charge < -0.3 is 10.3 Å².